The monoisotopic (exact) mass is 378 g/mol. The number of carbonyl (C=O) groups is 3. The molecule has 8 nitrogen and oxygen atoms in total. The Kier molecular flexibility index (Phi) is 20.7. The molecule has 0 bridgehead atoms. The van der Waals surface area contributed by atoms with E-state index in [1.165, 1.54) is 19.9 Å². The summed E-state index contributed by atoms with van der Waals surface area (Å²) >= 11 is 0. The van der Waals surface area contributed by atoms with Crippen LogP contribution in [0.3, 0.4) is 0 Å². The van der Waals surface area contributed by atoms with Gasteiger partial charge >= 0.3 is 0 Å². The van der Waals surface area contributed by atoms with Gasteiger partial charge in [-0.3, -0.25) is 24.4 Å². The third kappa shape index (κ3) is 35.1. The molecule has 0 spiro atoms. The van der Waals surface area contributed by atoms with Gasteiger partial charge in [-0.25, -0.2) is 10.8 Å². The summed E-state index contributed by atoms with van der Waals surface area (Å²) in [5, 5.41) is 20.2. The van der Waals surface area contributed by atoms with E-state index in [0.717, 1.165) is 11.4 Å². The minimum atomic E-state index is -0.125. The van der Waals surface area contributed by atoms with Crippen molar-refractivity contribution in [3.05, 3.63) is 11.8 Å². The predicted octanol–water partition coefficient (Wildman–Crippen LogP) is 2.94. The van der Waals surface area contributed by atoms with Gasteiger partial charge in [0.05, 0.1) is 30.6 Å². The van der Waals surface area contributed by atoms with E-state index in [1.807, 2.05) is 13.8 Å². The Morgan fingerprint density at radius 2 is 1.15 bits per heavy atom. The van der Waals surface area contributed by atoms with Crippen molar-refractivity contribution in [2.45, 2.75) is 54.4 Å². The summed E-state index contributed by atoms with van der Waals surface area (Å²) in [5.41, 5.74) is 1.68. The number of nitrogens with one attached hydrogen (secondary N) is 2. The van der Waals surface area contributed by atoms with Crippen LogP contribution in [0.2, 0.25) is 0 Å². The van der Waals surface area contributed by atoms with Gasteiger partial charge in [0.1, 0.15) is 11.6 Å². The fourth-order valence-corrected chi connectivity index (χ4v) is 1.61. The van der Waals surface area contributed by atoms with Crippen LogP contribution in [0.4, 0.5) is 0 Å². The average molecular weight is 378 g/mol. The van der Waals surface area contributed by atoms with E-state index in [4.69, 9.17) is 15.9 Å². The zero-order valence-corrected chi connectivity index (χ0v) is 17.0. The van der Waals surface area contributed by atoms with Gasteiger partial charge in [-0.15, -0.1) is 0 Å². The van der Waals surface area contributed by atoms with Crippen molar-refractivity contribution in [1.29, 1.82) is 10.8 Å². The second-order valence-electron chi connectivity index (χ2n) is 5.64. The number of nitrogens with zero attached hydrogens (tertiary/aromatic N) is 2. The smallest absolute Gasteiger partial charge is 0.155 e. The number of carbonyl (C=O) groups excluding carboxylic acids is 3. The first-order chi connectivity index (χ1) is 12.5. The lowest BCUT2D eigenvalue weighted by Crippen LogP contribution is -2.04. The number of aliphatic hydroxyl groups is 1. The van der Waals surface area contributed by atoms with Gasteiger partial charge in [-0.2, -0.15) is 0 Å². The summed E-state index contributed by atoms with van der Waals surface area (Å²) in [4.78, 5) is 40.0. The first-order valence-corrected chi connectivity index (χ1v) is 8.16. The van der Waals surface area contributed by atoms with Crippen LogP contribution in [0.1, 0.15) is 54.4 Å². The summed E-state index contributed by atoms with van der Waals surface area (Å²) < 4.78 is 0. The molecule has 0 rings (SSSR count). The van der Waals surface area contributed by atoms with Crippen LogP contribution in [-0.4, -0.2) is 58.7 Å². The first kappa shape index (κ1) is 28.8. The van der Waals surface area contributed by atoms with Crippen molar-refractivity contribution in [3.8, 4) is 0 Å². The number of hydrogen-bond donors (Lipinski definition) is 3. The number of aliphatic hydroxyl groups excluding tert-OH is 1. The van der Waals surface area contributed by atoms with Crippen LogP contribution < -0.4 is 0 Å². The average Bonchev–Trinajstić information content (AvgIpc) is 2.49. The Labute approximate surface area is 160 Å². The zero-order valence-electron chi connectivity index (χ0n) is 17.0. The van der Waals surface area contributed by atoms with Crippen molar-refractivity contribution < 1.29 is 19.5 Å². The van der Waals surface area contributed by atoms with E-state index in [0.29, 0.717) is 25.9 Å². The van der Waals surface area contributed by atoms with Crippen LogP contribution in [-0.2, 0) is 14.4 Å². The van der Waals surface area contributed by atoms with Gasteiger partial charge in [-0.05, 0) is 41.5 Å². The maximum Gasteiger partial charge on any atom is 0.155 e. The van der Waals surface area contributed by atoms with Gasteiger partial charge in [0, 0.05) is 30.3 Å². The molecule has 0 aliphatic heterocycles. The molecule has 150 valence electrons. The molecule has 0 aliphatic carbocycles. The van der Waals surface area contributed by atoms with Crippen molar-refractivity contribution in [2.75, 3.05) is 13.1 Å². The number of rotatable bonds is 8. The van der Waals surface area contributed by atoms with E-state index < -0.39 is 0 Å². The molecule has 0 heterocycles. The highest BCUT2D eigenvalue weighted by molar-refractivity contribution is 6.00. The summed E-state index contributed by atoms with van der Waals surface area (Å²) in [6.45, 7) is 10.8. The molecule has 0 unspecified atom stereocenters. The Bertz CT molecular complexity index is 605. The summed E-state index contributed by atoms with van der Waals surface area (Å²) in [5.74, 6) is 3.38. The lowest BCUT2D eigenvalue weighted by Gasteiger charge is -1.98. The fourth-order valence-electron chi connectivity index (χ4n) is 1.61. The lowest BCUT2D eigenvalue weighted by atomic mass is 10.2. The second kappa shape index (κ2) is 19.4. The molecule has 0 saturated heterocycles. The minimum Gasteiger partial charge on any atom is -0.512 e. The van der Waals surface area contributed by atoms with E-state index in [2.05, 4.69) is 9.98 Å². The fraction of sp³-hybridized carbons (Fsp3) is 0.526. The van der Waals surface area contributed by atoms with Crippen molar-refractivity contribution in [2.24, 2.45) is 9.98 Å². The van der Waals surface area contributed by atoms with Crippen molar-refractivity contribution >= 4 is 40.5 Å². The van der Waals surface area contributed by atoms with Crippen molar-refractivity contribution in [3.63, 3.8) is 0 Å². The van der Waals surface area contributed by atoms with Gasteiger partial charge in [0.2, 0.25) is 0 Å². The second-order valence-corrected chi connectivity index (χ2v) is 5.64. The molecule has 0 saturated carbocycles. The number of aliphatic imine (C=N–C) groups is 2. The highest BCUT2D eigenvalue weighted by atomic mass is 16.3. The summed E-state index contributed by atoms with van der Waals surface area (Å²) in [6.07, 6.45) is 1.99. The third-order valence-electron chi connectivity index (χ3n) is 2.35. The predicted molar refractivity (Wildman–Crippen MR) is 109 cm³/mol. The molecule has 0 radical (unpaired) electrons. The number of allylic oxidation sites excluding steroid dienone is 2. The zero-order chi connectivity index (χ0) is 21.8. The van der Waals surface area contributed by atoms with Crippen LogP contribution in [0.25, 0.3) is 0 Å². The Morgan fingerprint density at radius 3 is 1.30 bits per heavy atom. The van der Waals surface area contributed by atoms with E-state index >= 15 is 0 Å². The molecule has 0 amide bonds. The quantitative estimate of drug-likeness (QED) is 0.258. The maximum absolute atomic E-state index is 10.8. The molecule has 0 aromatic rings. The number of hydrogen-bond acceptors (Lipinski definition) is 8. The number of ketones is 3. The summed E-state index contributed by atoms with van der Waals surface area (Å²) in [6, 6.07) is 0. The topological polar surface area (TPSA) is 144 Å². The van der Waals surface area contributed by atoms with Crippen LogP contribution in [0.5, 0.6) is 0 Å². The third-order valence-corrected chi connectivity index (χ3v) is 2.35. The SMILES string of the molecule is CC(=O)/C=C(/C)O.CC(=O)CC(C)=NCCN=C(C)CC(C)=O.N=C=C=N. The van der Waals surface area contributed by atoms with Gasteiger partial charge in [-0.1, -0.05) is 0 Å². The molecule has 0 aliphatic rings. The van der Waals surface area contributed by atoms with E-state index in [1.54, 1.807) is 25.6 Å². The van der Waals surface area contributed by atoms with E-state index in [-0.39, 0.29) is 23.1 Å². The van der Waals surface area contributed by atoms with Crippen molar-refractivity contribution in [1.82, 2.24) is 0 Å². The Hall–Kier alpha value is -2.95. The number of Topliss-reactive ketones (excluding diaryl/α,β-unsaturated/α-hetero) is 2. The largest absolute Gasteiger partial charge is 0.512 e. The van der Waals surface area contributed by atoms with Crippen LogP contribution in [0.15, 0.2) is 21.8 Å². The highest BCUT2D eigenvalue weighted by Gasteiger charge is 1.97. The highest BCUT2D eigenvalue weighted by Crippen LogP contribution is 1.91. The van der Waals surface area contributed by atoms with Gasteiger partial charge in [0.25, 0.3) is 0 Å². The van der Waals surface area contributed by atoms with E-state index in [9.17, 15) is 14.4 Å². The van der Waals surface area contributed by atoms with Crippen LogP contribution >= 0.6 is 0 Å². The molecule has 3 N–H and O–H groups in total. The standard InChI is InChI=1S/C12H20N2O2.C5H8O2.C2H2N2/c1-9(7-11(3)15)13-5-6-14-10(2)8-12(4)16;1-4(6)3-5(2)7;3-1-2-4/h5-8H2,1-4H3;3,6H,1-2H3;3-4H/b;4-3-;. The molecule has 8 heteroatoms. The lowest BCUT2D eigenvalue weighted by molar-refractivity contribution is -0.116. The molecule has 27 heavy (non-hydrogen) atoms. The maximum atomic E-state index is 10.8. The minimum absolute atomic E-state index is 0.0625. The molecular formula is C19H30N4O4. The normalized spacial score (nSPS) is 11.0. The Morgan fingerprint density at radius 1 is 0.815 bits per heavy atom. The molecule has 0 aromatic heterocycles. The molecule has 0 atom stereocenters. The molecule has 0 aromatic carbocycles. The molecular weight excluding hydrogens is 348 g/mol. The van der Waals surface area contributed by atoms with Gasteiger partial charge in [0.15, 0.2) is 5.78 Å². The Balaban J connectivity index is -0.000000431. The van der Waals surface area contributed by atoms with Crippen LogP contribution in [0, 0.1) is 10.8 Å². The van der Waals surface area contributed by atoms with Gasteiger partial charge < -0.3 is 5.11 Å². The molecule has 0 fully saturated rings. The first-order valence-electron chi connectivity index (χ1n) is 8.16. The summed E-state index contributed by atoms with van der Waals surface area (Å²) in [7, 11) is 0.